The van der Waals surface area contributed by atoms with Crippen molar-refractivity contribution in [2.75, 3.05) is 6.54 Å². The number of carbonyl (C=O) groups excluding carboxylic acids is 1. The van der Waals surface area contributed by atoms with Crippen molar-refractivity contribution in [3.8, 4) is 0 Å². The molecule has 1 amide bonds. The molecule has 2 heterocycles. The Bertz CT molecular complexity index is 803. The first-order chi connectivity index (χ1) is 13.3. The number of aromatic nitrogens is 2. The number of amides is 1. The number of hydrogen-bond acceptors (Lipinski definition) is 5. The average molecular weight is 383 g/mol. The first-order valence-electron chi connectivity index (χ1n) is 9.27. The van der Waals surface area contributed by atoms with E-state index in [0.717, 1.165) is 16.7 Å². The summed E-state index contributed by atoms with van der Waals surface area (Å²) in [6, 6.07) is 11.4. The Morgan fingerprint density at radius 2 is 1.86 bits per heavy atom. The molecule has 1 fully saturated rings. The summed E-state index contributed by atoms with van der Waals surface area (Å²) in [7, 11) is -0.581. The molecule has 0 atom stereocenters. The fourth-order valence-corrected chi connectivity index (χ4v) is 2.69. The second-order valence-corrected chi connectivity index (χ2v) is 7.73. The predicted molar refractivity (Wildman–Crippen MR) is 107 cm³/mol. The highest BCUT2D eigenvalue weighted by Gasteiger charge is 2.52. The number of benzene rings is 1. The SMILES string of the molecule is CC1(C)OB(C(=Cc2ccn[nH]2)CNC(=O)OCc2ccccc2)OC1(C)C. The first-order valence-corrected chi connectivity index (χ1v) is 9.27. The maximum atomic E-state index is 12.1. The lowest BCUT2D eigenvalue weighted by atomic mass is 9.77. The van der Waals surface area contributed by atoms with Crippen molar-refractivity contribution >= 4 is 19.3 Å². The molecule has 1 aliphatic heterocycles. The van der Waals surface area contributed by atoms with E-state index >= 15 is 0 Å². The molecule has 3 rings (SSSR count). The van der Waals surface area contributed by atoms with Gasteiger partial charge in [-0.3, -0.25) is 5.10 Å². The van der Waals surface area contributed by atoms with Crippen LogP contribution in [0.15, 0.2) is 48.1 Å². The molecular weight excluding hydrogens is 357 g/mol. The fraction of sp³-hybridized carbons (Fsp3) is 0.400. The van der Waals surface area contributed by atoms with Gasteiger partial charge in [-0.1, -0.05) is 30.3 Å². The Labute approximate surface area is 165 Å². The van der Waals surface area contributed by atoms with Crippen LogP contribution in [0.25, 0.3) is 6.08 Å². The van der Waals surface area contributed by atoms with E-state index in [2.05, 4.69) is 15.5 Å². The van der Waals surface area contributed by atoms with Crippen LogP contribution in [-0.2, 0) is 20.7 Å². The maximum Gasteiger partial charge on any atom is 0.492 e. The largest absolute Gasteiger partial charge is 0.492 e. The van der Waals surface area contributed by atoms with Crippen molar-refractivity contribution in [3.63, 3.8) is 0 Å². The second-order valence-electron chi connectivity index (χ2n) is 7.73. The Morgan fingerprint density at radius 1 is 1.18 bits per heavy atom. The van der Waals surface area contributed by atoms with E-state index in [1.54, 1.807) is 6.20 Å². The summed E-state index contributed by atoms with van der Waals surface area (Å²) in [5.74, 6) is 0. The summed E-state index contributed by atoms with van der Waals surface area (Å²) < 4.78 is 17.5. The number of ether oxygens (including phenoxy) is 1. The predicted octanol–water partition coefficient (Wildman–Crippen LogP) is 3.35. The van der Waals surface area contributed by atoms with Crippen molar-refractivity contribution in [3.05, 3.63) is 59.3 Å². The second kappa shape index (κ2) is 8.20. The van der Waals surface area contributed by atoms with E-state index in [4.69, 9.17) is 14.0 Å². The van der Waals surface area contributed by atoms with Crippen molar-refractivity contribution < 1.29 is 18.8 Å². The highest BCUT2D eigenvalue weighted by molar-refractivity contribution is 6.56. The Kier molecular flexibility index (Phi) is 5.91. The van der Waals surface area contributed by atoms with E-state index in [0.29, 0.717) is 0 Å². The Balaban J connectivity index is 1.64. The molecule has 148 valence electrons. The van der Waals surface area contributed by atoms with Gasteiger partial charge in [-0.25, -0.2) is 4.79 Å². The Morgan fingerprint density at radius 3 is 2.46 bits per heavy atom. The van der Waals surface area contributed by atoms with Gasteiger partial charge in [-0.2, -0.15) is 5.10 Å². The molecule has 8 heteroatoms. The number of rotatable bonds is 6. The lowest BCUT2D eigenvalue weighted by Gasteiger charge is -2.32. The molecule has 0 bridgehead atoms. The van der Waals surface area contributed by atoms with Gasteiger partial charge in [0.15, 0.2) is 0 Å². The van der Waals surface area contributed by atoms with E-state index < -0.39 is 24.4 Å². The minimum absolute atomic E-state index is 0.211. The summed E-state index contributed by atoms with van der Waals surface area (Å²) in [5, 5.41) is 9.61. The zero-order valence-corrected chi connectivity index (χ0v) is 16.7. The van der Waals surface area contributed by atoms with Crippen LogP contribution in [0, 0.1) is 0 Å². The number of nitrogens with one attached hydrogen (secondary N) is 2. The smallest absolute Gasteiger partial charge is 0.445 e. The maximum absolute atomic E-state index is 12.1. The van der Waals surface area contributed by atoms with Crippen molar-refractivity contribution in [2.24, 2.45) is 0 Å². The van der Waals surface area contributed by atoms with E-state index in [9.17, 15) is 4.79 Å². The van der Waals surface area contributed by atoms with Crippen LogP contribution in [0.1, 0.15) is 39.0 Å². The van der Waals surface area contributed by atoms with Gasteiger partial charge >= 0.3 is 13.2 Å². The number of carbonyl (C=O) groups is 1. The van der Waals surface area contributed by atoms with E-state index in [-0.39, 0.29) is 13.2 Å². The van der Waals surface area contributed by atoms with Crippen molar-refractivity contribution in [2.45, 2.75) is 45.5 Å². The third-order valence-electron chi connectivity index (χ3n) is 5.07. The number of aromatic amines is 1. The van der Waals surface area contributed by atoms with Gasteiger partial charge in [0.05, 0.1) is 16.9 Å². The van der Waals surface area contributed by atoms with Gasteiger partial charge < -0.3 is 19.4 Å². The van der Waals surface area contributed by atoms with Crippen LogP contribution >= 0.6 is 0 Å². The standard InChI is InChI=1S/C20H26BN3O4/c1-19(2)20(3,4)28-21(27-19)16(12-17-10-11-23-24-17)13-22-18(25)26-14-15-8-6-5-7-9-15/h5-12H,13-14H2,1-4H3,(H,22,25)(H,23,24). The number of alkyl carbamates (subject to hydrolysis) is 1. The molecule has 0 unspecified atom stereocenters. The zero-order chi connectivity index (χ0) is 20.2. The average Bonchev–Trinajstić information content (AvgIpc) is 3.23. The molecule has 2 aromatic rings. The summed E-state index contributed by atoms with van der Waals surface area (Å²) in [4.78, 5) is 12.1. The highest BCUT2D eigenvalue weighted by atomic mass is 16.7. The van der Waals surface area contributed by atoms with Gasteiger partial charge in [0.1, 0.15) is 6.61 Å². The monoisotopic (exact) mass is 383 g/mol. The van der Waals surface area contributed by atoms with Gasteiger partial charge in [0, 0.05) is 12.7 Å². The van der Waals surface area contributed by atoms with Gasteiger partial charge in [-0.05, 0) is 50.9 Å². The normalized spacial score (nSPS) is 18.1. The highest BCUT2D eigenvalue weighted by Crippen LogP contribution is 2.38. The Hall–Kier alpha value is -2.58. The molecule has 1 saturated heterocycles. The van der Waals surface area contributed by atoms with Crippen LogP contribution in [0.4, 0.5) is 4.79 Å². The molecule has 0 radical (unpaired) electrons. The summed E-state index contributed by atoms with van der Waals surface area (Å²) in [6.45, 7) is 8.39. The van der Waals surface area contributed by atoms with Crippen LogP contribution in [0.2, 0.25) is 0 Å². The van der Waals surface area contributed by atoms with Crippen LogP contribution in [0.5, 0.6) is 0 Å². The number of H-pyrrole nitrogens is 1. The molecule has 0 saturated carbocycles. The third-order valence-corrected chi connectivity index (χ3v) is 5.07. The van der Waals surface area contributed by atoms with Gasteiger partial charge in [0.25, 0.3) is 0 Å². The lowest BCUT2D eigenvalue weighted by molar-refractivity contribution is 0.00578. The van der Waals surface area contributed by atoms with E-state index in [1.165, 1.54) is 0 Å². The zero-order valence-electron chi connectivity index (χ0n) is 16.7. The number of hydrogen-bond donors (Lipinski definition) is 2. The van der Waals surface area contributed by atoms with Crippen molar-refractivity contribution in [1.29, 1.82) is 0 Å². The molecule has 1 aliphatic rings. The summed E-state index contributed by atoms with van der Waals surface area (Å²) in [5.41, 5.74) is 1.54. The van der Waals surface area contributed by atoms with Crippen LogP contribution in [-0.4, -0.2) is 41.2 Å². The fourth-order valence-electron chi connectivity index (χ4n) is 2.69. The van der Waals surface area contributed by atoms with Gasteiger partial charge in [-0.15, -0.1) is 0 Å². The molecule has 28 heavy (non-hydrogen) atoms. The molecule has 1 aromatic heterocycles. The summed E-state index contributed by atoms with van der Waals surface area (Å²) in [6.07, 6.45) is 3.03. The molecule has 0 aliphatic carbocycles. The van der Waals surface area contributed by atoms with Crippen molar-refractivity contribution in [1.82, 2.24) is 15.5 Å². The molecule has 1 aromatic carbocycles. The molecule has 7 nitrogen and oxygen atoms in total. The minimum atomic E-state index is -0.581. The van der Waals surface area contributed by atoms with Gasteiger partial charge in [0.2, 0.25) is 0 Å². The molecular formula is C20H26BN3O4. The number of nitrogens with zero attached hydrogens (tertiary/aromatic N) is 1. The van der Waals surface area contributed by atoms with E-state index in [1.807, 2.05) is 70.2 Å². The van der Waals surface area contributed by atoms with Crippen LogP contribution < -0.4 is 5.32 Å². The summed E-state index contributed by atoms with van der Waals surface area (Å²) >= 11 is 0. The topological polar surface area (TPSA) is 85.5 Å². The molecule has 2 N–H and O–H groups in total. The molecule has 0 spiro atoms. The quantitative estimate of drug-likeness (QED) is 0.748. The minimum Gasteiger partial charge on any atom is -0.445 e. The lowest BCUT2D eigenvalue weighted by Crippen LogP contribution is -2.41. The first kappa shape index (κ1) is 20.2. The third kappa shape index (κ3) is 4.82. The van der Waals surface area contributed by atoms with Crippen LogP contribution in [0.3, 0.4) is 0 Å².